The van der Waals surface area contributed by atoms with Crippen LogP contribution < -0.4 is 20.1 Å². The van der Waals surface area contributed by atoms with Crippen molar-refractivity contribution >= 4 is 17.4 Å². The van der Waals surface area contributed by atoms with E-state index in [0.717, 1.165) is 17.0 Å². The van der Waals surface area contributed by atoms with Crippen LogP contribution in [0.3, 0.4) is 0 Å². The number of hydrogen-bond donors (Lipinski definition) is 2. The molecule has 0 spiro atoms. The number of nitrogens with zero attached hydrogens (tertiary/aromatic N) is 2. The molecule has 7 heteroatoms. The predicted octanol–water partition coefficient (Wildman–Crippen LogP) is 4.59. The molecule has 144 valence electrons. The molecule has 0 fully saturated rings. The number of ether oxygens (including phenoxy) is 2. The van der Waals surface area contributed by atoms with E-state index in [0.29, 0.717) is 30.5 Å². The van der Waals surface area contributed by atoms with E-state index < -0.39 is 0 Å². The van der Waals surface area contributed by atoms with Crippen LogP contribution in [-0.2, 0) is 0 Å². The van der Waals surface area contributed by atoms with Crippen LogP contribution >= 0.6 is 0 Å². The van der Waals surface area contributed by atoms with Gasteiger partial charge >= 0.3 is 6.03 Å². The Labute approximate surface area is 163 Å². The quantitative estimate of drug-likeness (QED) is 0.628. The zero-order chi connectivity index (χ0) is 19.8. The highest BCUT2D eigenvalue weighted by Gasteiger charge is 2.05. The van der Waals surface area contributed by atoms with Gasteiger partial charge in [-0.25, -0.2) is 4.79 Å². The van der Waals surface area contributed by atoms with E-state index in [9.17, 15) is 4.79 Å². The van der Waals surface area contributed by atoms with Crippen molar-refractivity contribution in [2.24, 2.45) is 0 Å². The van der Waals surface area contributed by atoms with E-state index in [4.69, 9.17) is 9.47 Å². The molecule has 1 heterocycles. The summed E-state index contributed by atoms with van der Waals surface area (Å²) in [5.41, 5.74) is 2.98. The fourth-order valence-corrected chi connectivity index (χ4v) is 2.52. The molecule has 0 saturated carbocycles. The minimum atomic E-state index is -0.322. The number of carbonyl (C=O) groups excluding carboxylic acids is 1. The molecule has 0 radical (unpaired) electrons. The molecular formula is C21H22N4O3. The van der Waals surface area contributed by atoms with Crippen molar-refractivity contribution in [1.29, 1.82) is 0 Å². The summed E-state index contributed by atoms with van der Waals surface area (Å²) in [7, 11) is 0. The maximum atomic E-state index is 12.2. The third kappa shape index (κ3) is 5.20. The standard InChI is InChI=1S/C21H22N4O3/c1-3-27-18-11-9-17(10-12-18)23-21(26)22-16-7-5-15(6-8-16)19-13-14-20(25-24-19)28-4-2/h5-14H,3-4H2,1-2H3,(H2,22,23,26). The van der Waals surface area contributed by atoms with Gasteiger partial charge in [0.25, 0.3) is 0 Å². The predicted molar refractivity (Wildman–Crippen MR) is 109 cm³/mol. The Hall–Kier alpha value is -3.61. The second-order valence-electron chi connectivity index (χ2n) is 5.80. The molecule has 1 aromatic heterocycles. The van der Waals surface area contributed by atoms with Crippen LogP contribution in [0.25, 0.3) is 11.3 Å². The maximum Gasteiger partial charge on any atom is 0.323 e. The normalized spacial score (nSPS) is 10.2. The first-order chi connectivity index (χ1) is 13.7. The van der Waals surface area contributed by atoms with Crippen LogP contribution in [0.4, 0.5) is 16.2 Å². The van der Waals surface area contributed by atoms with Gasteiger partial charge in [0.05, 0.1) is 18.9 Å². The maximum absolute atomic E-state index is 12.2. The van der Waals surface area contributed by atoms with Gasteiger partial charge in [0.1, 0.15) is 5.75 Å². The molecule has 0 atom stereocenters. The molecule has 0 saturated heterocycles. The summed E-state index contributed by atoms with van der Waals surface area (Å²) in [6.45, 7) is 4.97. The van der Waals surface area contributed by atoms with E-state index in [-0.39, 0.29) is 6.03 Å². The SMILES string of the molecule is CCOc1ccc(NC(=O)Nc2ccc(-c3ccc(OCC)nn3)cc2)cc1. The summed E-state index contributed by atoms with van der Waals surface area (Å²) in [4.78, 5) is 12.2. The fraction of sp³-hybridized carbons (Fsp3) is 0.190. The van der Waals surface area contributed by atoms with Crippen LogP contribution in [0, 0.1) is 0 Å². The molecule has 7 nitrogen and oxygen atoms in total. The lowest BCUT2D eigenvalue weighted by Gasteiger charge is -2.09. The Morgan fingerprint density at radius 2 is 1.39 bits per heavy atom. The Balaban J connectivity index is 1.58. The summed E-state index contributed by atoms with van der Waals surface area (Å²) >= 11 is 0. The number of anilines is 2. The summed E-state index contributed by atoms with van der Waals surface area (Å²) < 4.78 is 10.7. The van der Waals surface area contributed by atoms with Gasteiger partial charge in [-0.1, -0.05) is 12.1 Å². The number of rotatable bonds is 7. The van der Waals surface area contributed by atoms with Gasteiger partial charge < -0.3 is 20.1 Å². The Bertz CT molecular complexity index is 894. The third-order valence-electron chi connectivity index (χ3n) is 3.79. The minimum Gasteiger partial charge on any atom is -0.494 e. The average molecular weight is 378 g/mol. The summed E-state index contributed by atoms with van der Waals surface area (Å²) in [6, 6.07) is 17.9. The van der Waals surface area contributed by atoms with Crippen molar-refractivity contribution in [2.45, 2.75) is 13.8 Å². The van der Waals surface area contributed by atoms with Gasteiger partial charge in [-0.05, 0) is 56.3 Å². The van der Waals surface area contributed by atoms with Crippen molar-refractivity contribution in [3.8, 4) is 22.9 Å². The number of benzene rings is 2. The van der Waals surface area contributed by atoms with E-state index in [1.165, 1.54) is 0 Å². The molecule has 0 aliphatic carbocycles. The first kappa shape index (κ1) is 19.2. The topological polar surface area (TPSA) is 85.4 Å². The molecule has 2 amide bonds. The highest BCUT2D eigenvalue weighted by Crippen LogP contribution is 2.21. The van der Waals surface area contributed by atoms with Gasteiger partial charge in [0.15, 0.2) is 0 Å². The molecule has 0 aliphatic rings. The third-order valence-corrected chi connectivity index (χ3v) is 3.79. The van der Waals surface area contributed by atoms with Gasteiger partial charge in [-0.15, -0.1) is 10.2 Å². The van der Waals surface area contributed by atoms with Crippen molar-refractivity contribution in [2.75, 3.05) is 23.8 Å². The molecule has 3 aromatic rings. The zero-order valence-electron chi connectivity index (χ0n) is 15.8. The molecular weight excluding hydrogens is 356 g/mol. The van der Waals surface area contributed by atoms with Gasteiger partial charge in [0, 0.05) is 23.0 Å². The Morgan fingerprint density at radius 1 is 0.786 bits per heavy atom. The number of hydrogen-bond acceptors (Lipinski definition) is 5. The van der Waals surface area contributed by atoms with Crippen molar-refractivity contribution in [3.05, 3.63) is 60.7 Å². The highest BCUT2D eigenvalue weighted by molar-refractivity contribution is 5.99. The molecule has 0 unspecified atom stereocenters. The van der Waals surface area contributed by atoms with Crippen molar-refractivity contribution < 1.29 is 14.3 Å². The Kier molecular flexibility index (Phi) is 6.41. The van der Waals surface area contributed by atoms with E-state index in [1.807, 2.05) is 56.3 Å². The average Bonchev–Trinajstić information content (AvgIpc) is 2.71. The zero-order valence-corrected chi connectivity index (χ0v) is 15.8. The van der Waals surface area contributed by atoms with Gasteiger partial charge in [-0.2, -0.15) is 0 Å². The number of nitrogens with one attached hydrogen (secondary N) is 2. The fourth-order valence-electron chi connectivity index (χ4n) is 2.52. The molecule has 28 heavy (non-hydrogen) atoms. The van der Waals surface area contributed by atoms with E-state index in [2.05, 4.69) is 20.8 Å². The van der Waals surface area contributed by atoms with E-state index >= 15 is 0 Å². The van der Waals surface area contributed by atoms with Crippen LogP contribution in [0.5, 0.6) is 11.6 Å². The molecule has 3 rings (SSSR count). The number of amides is 2. The highest BCUT2D eigenvalue weighted by atomic mass is 16.5. The molecule has 0 bridgehead atoms. The van der Waals surface area contributed by atoms with Crippen molar-refractivity contribution in [3.63, 3.8) is 0 Å². The van der Waals surface area contributed by atoms with Gasteiger partial charge in [0.2, 0.25) is 5.88 Å². The summed E-state index contributed by atoms with van der Waals surface area (Å²) in [6.07, 6.45) is 0. The first-order valence-electron chi connectivity index (χ1n) is 9.05. The van der Waals surface area contributed by atoms with Crippen LogP contribution in [0.1, 0.15) is 13.8 Å². The first-order valence-corrected chi connectivity index (χ1v) is 9.05. The van der Waals surface area contributed by atoms with Crippen LogP contribution in [-0.4, -0.2) is 29.4 Å². The van der Waals surface area contributed by atoms with Crippen molar-refractivity contribution in [1.82, 2.24) is 10.2 Å². The minimum absolute atomic E-state index is 0.322. The molecule has 0 aliphatic heterocycles. The monoisotopic (exact) mass is 378 g/mol. The summed E-state index contributed by atoms with van der Waals surface area (Å²) in [5.74, 6) is 1.26. The van der Waals surface area contributed by atoms with E-state index in [1.54, 1.807) is 18.2 Å². The summed E-state index contributed by atoms with van der Waals surface area (Å²) in [5, 5.41) is 13.7. The molecule has 2 N–H and O–H groups in total. The lowest BCUT2D eigenvalue weighted by Crippen LogP contribution is -2.19. The number of carbonyl (C=O) groups is 1. The molecule has 2 aromatic carbocycles. The largest absolute Gasteiger partial charge is 0.494 e. The van der Waals surface area contributed by atoms with Crippen LogP contribution in [0.15, 0.2) is 60.7 Å². The smallest absolute Gasteiger partial charge is 0.323 e. The lowest BCUT2D eigenvalue weighted by atomic mass is 10.1. The number of aromatic nitrogens is 2. The van der Waals surface area contributed by atoms with Gasteiger partial charge in [-0.3, -0.25) is 0 Å². The Morgan fingerprint density at radius 3 is 1.93 bits per heavy atom. The second-order valence-corrected chi connectivity index (χ2v) is 5.80. The van der Waals surface area contributed by atoms with Crippen LogP contribution in [0.2, 0.25) is 0 Å². The lowest BCUT2D eigenvalue weighted by molar-refractivity contribution is 0.262. The number of urea groups is 1. The second kappa shape index (κ2) is 9.36.